The molecule has 2 aromatic rings. The van der Waals surface area contributed by atoms with Gasteiger partial charge in [-0.1, -0.05) is 12.1 Å². The highest BCUT2D eigenvalue weighted by Crippen LogP contribution is 2.33. The van der Waals surface area contributed by atoms with Crippen molar-refractivity contribution in [3.05, 3.63) is 47.5 Å². The number of alkyl halides is 3. The Hall–Kier alpha value is -2.72. The largest absolute Gasteiger partial charge is 0.434 e. The summed E-state index contributed by atoms with van der Waals surface area (Å²) >= 11 is 0. The van der Waals surface area contributed by atoms with Crippen LogP contribution in [-0.2, 0) is 12.7 Å². The summed E-state index contributed by atoms with van der Waals surface area (Å²) in [7, 11) is 0. The number of nitrogens with zero attached hydrogens (tertiary/aromatic N) is 3. The minimum Gasteiger partial charge on any atom is -0.396 e. The Balaban J connectivity index is 1.86. The van der Waals surface area contributed by atoms with Gasteiger partial charge in [0.1, 0.15) is 5.82 Å². The first-order valence-corrected chi connectivity index (χ1v) is 9.22. The summed E-state index contributed by atoms with van der Waals surface area (Å²) in [5.74, 6) is -0.903. The highest BCUT2D eigenvalue weighted by atomic mass is 19.4. The number of benzene rings is 1. The Morgan fingerprint density at radius 3 is 2.59 bits per heavy atom. The van der Waals surface area contributed by atoms with Crippen molar-refractivity contribution in [3.63, 3.8) is 0 Å². The van der Waals surface area contributed by atoms with Gasteiger partial charge in [0.05, 0.1) is 23.5 Å². The lowest BCUT2D eigenvalue weighted by atomic mass is 9.97. The molecule has 1 fully saturated rings. The quantitative estimate of drug-likeness (QED) is 0.701. The molecule has 0 unspecified atom stereocenters. The van der Waals surface area contributed by atoms with Crippen molar-refractivity contribution in [2.24, 2.45) is 11.7 Å². The van der Waals surface area contributed by atoms with Crippen molar-refractivity contribution in [2.45, 2.75) is 25.6 Å². The molecule has 0 saturated carbocycles. The normalized spacial score (nSPS) is 15.4. The van der Waals surface area contributed by atoms with Crippen molar-refractivity contribution in [2.75, 3.05) is 29.9 Å². The minimum atomic E-state index is -4.81. The van der Waals surface area contributed by atoms with E-state index in [4.69, 9.17) is 5.73 Å². The average Bonchev–Trinajstić information content (AvgIpc) is 2.73. The third-order valence-electron chi connectivity index (χ3n) is 4.90. The first-order chi connectivity index (χ1) is 13.8. The number of piperidine rings is 1. The fourth-order valence-electron chi connectivity index (χ4n) is 3.30. The zero-order valence-electron chi connectivity index (χ0n) is 15.6. The SMILES string of the molecule is NCc1ncc(C(=O)Nc2ccccc2N2CCC(CO)CC2)c(C(F)(F)F)n1. The van der Waals surface area contributed by atoms with Crippen LogP contribution in [0.1, 0.15) is 34.7 Å². The molecule has 0 atom stereocenters. The smallest absolute Gasteiger partial charge is 0.396 e. The second kappa shape index (κ2) is 8.75. The van der Waals surface area contributed by atoms with Gasteiger partial charge >= 0.3 is 6.18 Å². The number of nitrogens with two attached hydrogens (primary N) is 1. The molecule has 156 valence electrons. The van der Waals surface area contributed by atoms with E-state index in [1.165, 1.54) is 0 Å². The van der Waals surface area contributed by atoms with Gasteiger partial charge < -0.3 is 21.1 Å². The van der Waals surface area contributed by atoms with Gasteiger partial charge in [0.2, 0.25) is 0 Å². The molecule has 1 aliphatic rings. The van der Waals surface area contributed by atoms with Crippen LogP contribution in [0.3, 0.4) is 0 Å². The molecule has 0 bridgehead atoms. The van der Waals surface area contributed by atoms with Crippen LogP contribution < -0.4 is 16.0 Å². The monoisotopic (exact) mass is 409 g/mol. The van der Waals surface area contributed by atoms with Crippen molar-refractivity contribution in [3.8, 4) is 0 Å². The number of nitrogens with one attached hydrogen (secondary N) is 1. The summed E-state index contributed by atoms with van der Waals surface area (Å²) in [5, 5.41) is 11.8. The maximum atomic E-state index is 13.4. The summed E-state index contributed by atoms with van der Waals surface area (Å²) in [5.41, 5.74) is 4.46. The number of carbonyl (C=O) groups is 1. The van der Waals surface area contributed by atoms with Gasteiger partial charge in [-0.15, -0.1) is 0 Å². The van der Waals surface area contributed by atoms with Crippen LogP contribution >= 0.6 is 0 Å². The molecular formula is C19H22F3N5O2. The molecule has 7 nitrogen and oxygen atoms in total. The minimum absolute atomic E-state index is 0.130. The number of aromatic nitrogens is 2. The van der Waals surface area contributed by atoms with Gasteiger partial charge in [0.25, 0.3) is 5.91 Å². The topological polar surface area (TPSA) is 104 Å². The van der Waals surface area contributed by atoms with Gasteiger partial charge in [-0.3, -0.25) is 4.79 Å². The van der Waals surface area contributed by atoms with Crippen LogP contribution in [0, 0.1) is 5.92 Å². The van der Waals surface area contributed by atoms with Gasteiger partial charge in [0.15, 0.2) is 5.69 Å². The lowest BCUT2D eigenvalue weighted by Gasteiger charge is -2.34. The Morgan fingerprint density at radius 1 is 1.28 bits per heavy atom. The number of rotatable bonds is 5. The Labute approximate surface area is 165 Å². The number of hydrogen-bond acceptors (Lipinski definition) is 6. The Kier molecular flexibility index (Phi) is 6.33. The number of carbonyl (C=O) groups excluding carboxylic acids is 1. The molecule has 1 aliphatic heterocycles. The maximum Gasteiger partial charge on any atom is 0.434 e. The first-order valence-electron chi connectivity index (χ1n) is 9.22. The summed E-state index contributed by atoms with van der Waals surface area (Å²) in [6.45, 7) is 1.23. The number of halogens is 3. The van der Waals surface area contributed by atoms with E-state index in [-0.39, 0.29) is 24.9 Å². The number of hydrogen-bond donors (Lipinski definition) is 3. The van der Waals surface area contributed by atoms with Crippen molar-refractivity contribution >= 4 is 17.3 Å². The highest BCUT2D eigenvalue weighted by Gasteiger charge is 2.38. The first kappa shape index (κ1) is 21.0. The molecule has 1 saturated heterocycles. The molecule has 1 aromatic carbocycles. The molecule has 0 radical (unpaired) electrons. The van der Waals surface area contributed by atoms with Crippen LogP contribution in [0.4, 0.5) is 24.5 Å². The lowest BCUT2D eigenvalue weighted by molar-refractivity contribution is -0.141. The van der Waals surface area contributed by atoms with E-state index in [0.717, 1.165) is 19.0 Å². The summed E-state index contributed by atoms with van der Waals surface area (Å²) in [6.07, 6.45) is -2.37. The summed E-state index contributed by atoms with van der Waals surface area (Å²) < 4.78 is 40.1. The molecule has 10 heteroatoms. The fraction of sp³-hybridized carbons (Fsp3) is 0.421. The maximum absolute atomic E-state index is 13.4. The van der Waals surface area contributed by atoms with E-state index >= 15 is 0 Å². The van der Waals surface area contributed by atoms with Crippen LogP contribution in [0.2, 0.25) is 0 Å². The second-order valence-electron chi connectivity index (χ2n) is 6.83. The number of amides is 1. The lowest BCUT2D eigenvalue weighted by Crippen LogP contribution is -2.35. The molecule has 29 heavy (non-hydrogen) atoms. The Morgan fingerprint density at radius 2 is 1.97 bits per heavy atom. The standard InChI is InChI=1S/C19H22F3N5O2/c20-19(21,22)17-13(10-24-16(9-23)26-17)18(29)25-14-3-1-2-4-15(14)27-7-5-12(11-28)6-8-27/h1-4,10,12,28H,5-9,11,23H2,(H,25,29). The van der Waals surface area contributed by atoms with Crippen molar-refractivity contribution < 1.29 is 23.1 Å². The van der Waals surface area contributed by atoms with Crippen molar-refractivity contribution in [1.82, 2.24) is 9.97 Å². The zero-order valence-corrected chi connectivity index (χ0v) is 15.6. The number of aliphatic hydroxyl groups excluding tert-OH is 1. The van der Waals surface area contributed by atoms with Crippen LogP contribution in [0.25, 0.3) is 0 Å². The summed E-state index contributed by atoms with van der Waals surface area (Å²) in [4.78, 5) is 21.8. The molecule has 4 N–H and O–H groups in total. The van der Waals surface area contributed by atoms with E-state index in [0.29, 0.717) is 24.5 Å². The van der Waals surface area contributed by atoms with Crippen molar-refractivity contribution in [1.29, 1.82) is 0 Å². The molecule has 1 aromatic heterocycles. The van der Waals surface area contributed by atoms with Gasteiger partial charge in [-0.2, -0.15) is 13.2 Å². The third kappa shape index (κ3) is 4.83. The molecule has 2 heterocycles. The number of anilines is 2. The fourth-order valence-corrected chi connectivity index (χ4v) is 3.30. The second-order valence-corrected chi connectivity index (χ2v) is 6.83. The number of para-hydroxylation sites is 2. The molecule has 3 rings (SSSR count). The van der Waals surface area contributed by atoms with E-state index in [9.17, 15) is 23.1 Å². The van der Waals surface area contributed by atoms with Crippen LogP contribution in [0.15, 0.2) is 30.5 Å². The van der Waals surface area contributed by atoms with E-state index in [1.807, 2.05) is 4.90 Å². The third-order valence-corrected chi connectivity index (χ3v) is 4.90. The molecular weight excluding hydrogens is 387 g/mol. The van der Waals surface area contributed by atoms with Crippen LogP contribution in [-0.4, -0.2) is 40.7 Å². The highest BCUT2D eigenvalue weighted by molar-refractivity contribution is 6.06. The van der Waals surface area contributed by atoms with E-state index in [2.05, 4.69) is 15.3 Å². The predicted molar refractivity (Wildman–Crippen MR) is 101 cm³/mol. The predicted octanol–water partition coefficient (Wildman–Crippen LogP) is 2.42. The molecule has 0 aliphatic carbocycles. The summed E-state index contributed by atoms with van der Waals surface area (Å²) in [6, 6.07) is 6.92. The molecule has 0 spiro atoms. The average molecular weight is 409 g/mol. The van der Waals surface area contributed by atoms with Gasteiger partial charge in [-0.05, 0) is 30.9 Å². The van der Waals surface area contributed by atoms with E-state index in [1.54, 1.807) is 24.3 Å². The molecule has 1 amide bonds. The van der Waals surface area contributed by atoms with Gasteiger partial charge in [-0.25, -0.2) is 9.97 Å². The number of aliphatic hydroxyl groups is 1. The van der Waals surface area contributed by atoms with Gasteiger partial charge in [0, 0.05) is 25.9 Å². The van der Waals surface area contributed by atoms with Crippen LogP contribution in [0.5, 0.6) is 0 Å². The Bertz CT molecular complexity index is 867. The van der Waals surface area contributed by atoms with E-state index < -0.39 is 23.3 Å². The zero-order chi connectivity index (χ0) is 21.0.